The lowest BCUT2D eigenvalue weighted by molar-refractivity contribution is 0.299. The summed E-state index contributed by atoms with van der Waals surface area (Å²) < 4.78 is 0. The first-order valence-electron chi connectivity index (χ1n) is 4.08. The third kappa shape index (κ3) is 4.57. The zero-order valence-corrected chi connectivity index (χ0v) is 7.25. The van der Waals surface area contributed by atoms with Crippen LogP contribution in [0.5, 0.6) is 0 Å². The second kappa shape index (κ2) is 7.29. The van der Waals surface area contributed by atoms with Gasteiger partial charge in [-0.1, -0.05) is 44.2 Å². The van der Waals surface area contributed by atoms with Gasteiger partial charge in [0.15, 0.2) is 0 Å². The van der Waals surface area contributed by atoms with Gasteiger partial charge in [0.05, 0.1) is 0 Å². The van der Waals surface area contributed by atoms with Crippen LogP contribution < -0.4 is 0 Å². The Balaban J connectivity index is 0.000000461. The number of aliphatic hydroxyl groups is 1. The van der Waals surface area contributed by atoms with Crippen molar-refractivity contribution in [2.75, 3.05) is 6.61 Å². The van der Waals surface area contributed by atoms with E-state index >= 15 is 0 Å². The number of aliphatic hydroxyl groups excluding tert-OH is 1. The first-order valence-corrected chi connectivity index (χ1v) is 4.08. The molecule has 0 unspecified atom stereocenters. The highest BCUT2D eigenvalue weighted by Gasteiger charge is 1.85. The molecular formula is C10H16O. The zero-order valence-electron chi connectivity index (χ0n) is 7.25. The summed E-state index contributed by atoms with van der Waals surface area (Å²) in [6.45, 7) is 4.24. The van der Waals surface area contributed by atoms with Crippen LogP contribution in [0, 0.1) is 0 Å². The molecule has 0 bridgehead atoms. The zero-order chi connectivity index (χ0) is 8.53. The maximum atomic E-state index is 8.52. The highest BCUT2D eigenvalue weighted by molar-refractivity contribution is 5.14. The summed E-state index contributed by atoms with van der Waals surface area (Å²) in [5.41, 5.74) is 1.19. The molecule has 1 aromatic carbocycles. The molecule has 0 fully saturated rings. The van der Waals surface area contributed by atoms with Crippen LogP contribution in [-0.4, -0.2) is 11.7 Å². The van der Waals surface area contributed by atoms with Crippen molar-refractivity contribution in [2.45, 2.75) is 20.3 Å². The Hall–Kier alpha value is -0.820. The fraction of sp³-hybridized carbons (Fsp3) is 0.400. The second-order valence-corrected chi connectivity index (χ2v) is 1.96. The van der Waals surface area contributed by atoms with Crippen LogP contribution in [0.1, 0.15) is 19.4 Å². The van der Waals surface area contributed by atoms with Crippen LogP contribution in [0.3, 0.4) is 0 Å². The largest absolute Gasteiger partial charge is 0.396 e. The van der Waals surface area contributed by atoms with Gasteiger partial charge in [0.25, 0.3) is 0 Å². The van der Waals surface area contributed by atoms with Gasteiger partial charge >= 0.3 is 0 Å². The molecule has 1 N–H and O–H groups in total. The lowest BCUT2D eigenvalue weighted by Crippen LogP contribution is -1.88. The quantitative estimate of drug-likeness (QED) is 0.689. The molecule has 11 heavy (non-hydrogen) atoms. The van der Waals surface area contributed by atoms with Gasteiger partial charge in [-0.15, -0.1) is 0 Å². The Kier molecular flexibility index (Phi) is 6.75. The number of hydrogen-bond donors (Lipinski definition) is 1. The van der Waals surface area contributed by atoms with Gasteiger partial charge in [-0.3, -0.25) is 0 Å². The maximum Gasteiger partial charge on any atom is 0.0471 e. The van der Waals surface area contributed by atoms with E-state index in [1.807, 2.05) is 44.2 Å². The molecule has 0 radical (unpaired) electrons. The van der Waals surface area contributed by atoms with Crippen molar-refractivity contribution in [3.63, 3.8) is 0 Å². The van der Waals surface area contributed by atoms with Crippen LogP contribution in [-0.2, 0) is 6.42 Å². The van der Waals surface area contributed by atoms with Gasteiger partial charge in [0.1, 0.15) is 0 Å². The molecule has 0 saturated carbocycles. The fourth-order valence-corrected chi connectivity index (χ4v) is 0.774. The third-order valence-electron chi connectivity index (χ3n) is 1.24. The van der Waals surface area contributed by atoms with Crippen molar-refractivity contribution in [3.05, 3.63) is 35.9 Å². The van der Waals surface area contributed by atoms with Crippen LogP contribution in [0.15, 0.2) is 30.3 Å². The smallest absolute Gasteiger partial charge is 0.0471 e. The molecule has 0 saturated heterocycles. The minimum absolute atomic E-state index is 0.240. The van der Waals surface area contributed by atoms with E-state index in [2.05, 4.69) is 0 Å². The van der Waals surface area contributed by atoms with Crippen molar-refractivity contribution < 1.29 is 5.11 Å². The van der Waals surface area contributed by atoms with E-state index in [1.165, 1.54) is 5.56 Å². The van der Waals surface area contributed by atoms with Gasteiger partial charge in [-0.25, -0.2) is 0 Å². The predicted octanol–water partition coefficient (Wildman–Crippen LogP) is 2.25. The molecule has 62 valence electrons. The van der Waals surface area contributed by atoms with Crippen molar-refractivity contribution in [3.8, 4) is 0 Å². The minimum atomic E-state index is 0.240. The molecule has 0 spiro atoms. The number of rotatable bonds is 2. The van der Waals surface area contributed by atoms with Crippen molar-refractivity contribution in [2.24, 2.45) is 0 Å². The highest BCUT2D eigenvalue weighted by Crippen LogP contribution is 1.97. The van der Waals surface area contributed by atoms with Crippen molar-refractivity contribution in [1.29, 1.82) is 0 Å². The van der Waals surface area contributed by atoms with Crippen molar-refractivity contribution in [1.82, 2.24) is 0 Å². The van der Waals surface area contributed by atoms with E-state index in [1.54, 1.807) is 0 Å². The molecule has 0 amide bonds. The summed E-state index contributed by atoms with van der Waals surface area (Å²) in [5, 5.41) is 8.52. The number of benzene rings is 1. The molecule has 1 nitrogen and oxygen atoms in total. The Morgan fingerprint density at radius 2 is 1.64 bits per heavy atom. The van der Waals surface area contributed by atoms with Gasteiger partial charge in [-0.05, 0) is 12.0 Å². The summed E-state index contributed by atoms with van der Waals surface area (Å²) >= 11 is 0. The second-order valence-electron chi connectivity index (χ2n) is 1.96. The van der Waals surface area contributed by atoms with Crippen molar-refractivity contribution >= 4 is 0 Å². The summed E-state index contributed by atoms with van der Waals surface area (Å²) in [6.07, 6.45) is 0.765. The van der Waals surface area contributed by atoms with Gasteiger partial charge in [0.2, 0.25) is 0 Å². The molecular weight excluding hydrogens is 136 g/mol. The Bertz CT molecular complexity index is 158. The lowest BCUT2D eigenvalue weighted by atomic mass is 10.2. The normalized spacial score (nSPS) is 8.27. The lowest BCUT2D eigenvalue weighted by Gasteiger charge is -1.93. The van der Waals surface area contributed by atoms with E-state index in [-0.39, 0.29) is 6.61 Å². The van der Waals surface area contributed by atoms with E-state index in [0.29, 0.717) is 0 Å². The Labute approximate surface area is 68.7 Å². The van der Waals surface area contributed by atoms with Crippen LogP contribution >= 0.6 is 0 Å². The van der Waals surface area contributed by atoms with Crippen LogP contribution in [0.2, 0.25) is 0 Å². The molecule has 0 aliphatic rings. The number of hydrogen-bond acceptors (Lipinski definition) is 1. The molecule has 0 heterocycles. The Morgan fingerprint density at radius 1 is 1.09 bits per heavy atom. The highest BCUT2D eigenvalue weighted by atomic mass is 16.2. The standard InChI is InChI=1S/C8H10O.C2H6/c9-7-6-8-4-2-1-3-5-8;1-2/h1-5,9H,6-7H2;1-2H3. The molecule has 0 aliphatic carbocycles. The molecule has 1 aromatic rings. The summed E-state index contributed by atoms with van der Waals surface area (Å²) in [7, 11) is 0. The van der Waals surface area contributed by atoms with Gasteiger partial charge in [-0.2, -0.15) is 0 Å². The average molecular weight is 152 g/mol. The van der Waals surface area contributed by atoms with E-state index in [9.17, 15) is 0 Å². The summed E-state index contributed by atoms with van der Waals surface area (Å²) in [4.78, 5) is 0. The molecule has 1 rings (SSSR count). The van der Waals surface area contributed by atoms with E-state index in [0.717, 1.165) is 6.42 Å². The maximum absolute atomic E-state index is 8.52. The molecule has 0 aromatic heterocycles. The SMILES string of the molecule is CC.OCCc1ccccc1. The first-order chi connectivity index (χ1) is 5.43. The average Bonchev–Trinajstić information content (AvgIpc) is 2.11. The monoisotopic (exact) mass is 152 g/mol. The van der Waals surface area contributed by atoms with E-state index < -0.39 is 0 Å². The minimum Gasteiger partial charge on any atom is -0.396 e. The third-order valence-corrected chi connectivity index (χ3v) is 1.24. The van der Waals surface area contributed by atoms with E-state index in [4.69, 9.17) is 5.11 Å². The molecule has 0 aliphatic heterocycles. The Morgan fingerprint density at radius 3 is 2.09 bits per heavy atom. The summed E-state index contributed by atoms with van der Waals surface area (Å²) in [5.74, 6) is 0. The fourth-order valence-electron chi connectivity index (χ4n) is 0.774. The van der Waals surface area contributed by atoms with Crippen LogP contribution in [0.25, 0.3) is 0 Å². The first kappa shape index (κ1) is 10.2. The predicted molar refractivity (Wildman–Crippen MR) is 48.6 cm³/mol. The summed E-state index contributed by atoms with van der Waals surface area (Å²) in [6, 6.07) is 9.95. The van der Waals surface area contributed by atoms with Crippen LogP contribution in [0.4, 0.5) is 0 Å². The van der Waals surface area contributed by atoms with Gasteiger partial charge < -0.3 is 5.11 Å². The molecule has 0 atom stereocenters. The topological polar surface area (TPSA) is 20.2 Å². The molecule has 1 heteroatoms. The van der Waals surface area contributed by atoms with Gasteiger partial charge in [0, 0.05) is 6.61 Å².